The van der Waals surface area contributed by atoms with Crippen LogP contribution in [0.4, 0.5) is 5.69 Å². The SMILES string of the molecule is Cc1cc(C(=O)NCC(=O)N2CCCC2C(=O)O)ccc1[N+](=O)[O-]. The smallest absolute Gasteiger partial charge is 0.326 e. The van der Waals surface area contributed by atoms with Gasteiger partial charge in [0.25, 0.3) is 11.6 Å². The maximum atomic E-state index is 12.1. The fourth-order valence-corrected chi connectivity index (χ4v) is 2.68. The minimum Gasteiger partial charge on any atom is -0.480 e. The Morgan fingerprint density at radius 2 is 2.12 bits per heavy atom. The highest BCUT2D eigenvalue weighted by Gasteiger charge is 2.33. The Kier molecular flexibility index (Phi) is 5.12. The van der Waals surface area contributed by atoms with Gasteiger partial charge in [-0.2, -0.15) is 0 Å². The lowest BCUT2D eigenvalue weighted by Crippen LogP contribution is -2.45. The minimum atomic E-state index is -1.06. The molecule has 128 valence electrons. The van der Waals surface area contributed by atoms with Crippen LogP contribution in [-0.2, 0) is 9.59 Å². The van der Waals surface area contributed by atoms with Crippen molar-refractivity contribution in [1.82, 2.24) is 10.2 Å². The molecule has 1 heterocycles. The summed E-state index contributed by atoms with van der Waals surface area (Å²) in [6, 6.07) is 3.05. The van der Waals surface area contributed by atoms with Crippen LogP contribution in [0, 0.1) is 17.0 Å². The van der Waals surface area contributed by atoms with Gasteiger partial charge in [0.1, 0.15) is 6.04 Å². The highest BCUT2D eigenvalue weighted by Crippen LogP contribution is 2.19. The van der Waals surface area contributed by atoms with E-state index in [1.807, 2.05) is 0 Å². The standard InChI is InChI=1S/C15H17N3O6/c1-9-7-10(4-5-11(9)18(23)24)14(20)16-8-13(19)17-6-2-3-12(17)15(21)22/h4-5,7,12H,2-3,6,8H2,1H3,(H,16,20)(H,21,22). The molecule has 1 aromatic carbocycles. The van der Waals surface area contributed by atoms with Crippen LogP contribution in [0.3, 0.4) is 0 Å². The van der Waals surface area contributed by atoms with E-state index in [4.69, 9.17) is 5.11 Å². The molecule has 9 nitrogen and oxygen atoms in total. The molecule has 2 amide bonds. The number of nitro benzene ring substituents is 1. The molecule has 0 bridgehead atoms. The molecule has 2 rings (SSSR count). The molecule has 1 aliphatic heterocycles. The summed E-state index contributed by atoms with van der Waals surface area (Å²) in [6.45, 7) is 1.54. The van der Waals surface area contributed by atoms with Gasteiger partial charge in [-0.05, 0) is 31.9 Å². The molecule has 2 N–H and O–H groups in total. The first kappa shape index (κ1) is 17.4. The van der Waals surface area contributed by atoms with E-state index in [1.165, 1.54) is 30.0 Å². The fraction of sp³-hybridized carbons (Fsp3) is 0.400. The van der Waals surface area contributed by atoms with Crippen molar-refractivity contribution in [2.75, 3.05) is 13.1 Å². The Hall–Kier alpha value is -2.97. The molecule has 9 heteroatoms. The molecule has 0 radical (unpaired) electrons. The van der Waals surface area contributed by atoms with Gasteiger partial charge >= 0.3 is 5.97 Å². The zero-order chi connectivity index (χ0) is 17.9. The third-order valence-electron chi connectivity index (χ3n) is 3.91. The number of likely N-dealkylation sites (tertiary alicyclic amines) is 1. The number of carbonyl (C=O) groups excluding carboxylic acids is 2. The van der Waals surface area contributed by atoms with Crippen molar-refractivity contribution < 1.29 is 24.4 Å². The van der Waals surface area contributed by atoms with Gasteiger partial charge in [-0.25, -0.2) is 4.79 Å². The van der Waals surface area contributed by atoms with E-state index in [1.54, 1.807) is 0 Å². The molecule has 0 spiro atoms. The Morgan fingerprint density at radius 1 is 1.42 bits per heavy atom. The Labute approximate surface area is 137 Å². The third kappa shape index (κ3) is 3.67. The van der Waals surface area contributed by atoms with Gasteiger partial charge in [-0.1, -0.05) is 0 Å². The summed E-state index contributed by atoms with van der Waals surface area (Å²) < 4.78 is 0. The number of aliphatic carboxylic acids is 1. The summed E-state index contributed by atoms with van der Waals surface area (Å²) in [5.74, 6) is -2.07. The van der Waals surface area contributed by atoms with Gasteiger partial charge in [0.15, 0.2) is 0 Å². The summed E-state index contributed by atoms with van der Waals surface area (Å²) in [5.41, 5.74) is 0.440. The number of carbonyl (C=O) groups is 3. The number of carboxylic acids is 1. The summed E-state index contributed by atoms with van der Waals surface area (Å²) >= 11 is 0. The van der Waals surface area contributed by atoms with Crippen molar-refractivity contribution in [1.29, 1.82) is 0 Å². The summed E-state index contributed by atoms with van der Waals surface area (Å²) in [5, 5.41) is 22.2. The molecular weight excluding hydrogens is 318 g/mol. The number of nitrogens with zero attached hydrogens (tertiary/aromatic N) is 2. The Balaban J connectivity index is 1.98. The molecule has 1 fully saturated rings. The van der Waals surface area contributed by atoms with Crippen molar-refractivity contribution in [3.63, 3.8) is 0 Å². The van der Waals surface area contributed by atoms with E-state index in [-0.39, 0.29) is 17.8 Å². The van der Waals surface area contributed by atoms with E-state index < -0.39 is 28.7 Å². The minimum absolute atomic E-state index is 0.0935. The Morgan fingerprint density at radius 3 is 2.71 bits per heavy atom. The van der Waals surface area contributed by atoms with E-state index in [0.29, 0.717) is 24.9 Å². The van der Waals surface area contributed by atoms with E-state index in [2.05, 4.69) is 5.32 Å². The largest absolute Gasteiger partial charge is 0.480 e. The molecule has 0 aromatic heterocycles. The highest BCUT2D eigenvalue weighted by atomic mass is 16.6. The Bertz CT molecular complexity index is 702. The van der Waals surface area contributed by atoms with E-state index in [9.17, 15) is 24.5 Å². The maximum Gasteiger partial charge on any atom is 0.326 e. The topological polar surface area (TPSA) is 130 Å². The van der Waals surface area contributed by atoms with Crippen LogP contribution in [-0.4, -0.2) is 51.8 Å². The summed E-state index contributed by atoms with van der Waals surface area (Å²) in [4.78, 5) is 46.6. The number of nitrogens with one attached hydrogen (secondary N) is 1. The zero-order valence-corrected chi connectivity index (χ0v) is 13.0. The van der Waals surface area contributed by atoms with E-state index in [0.717, 1.165) is 0 Å². The number of aryl methyl sites for hydroxylation is 1. The molecule has 1 aliphatic rings. The maximum absolute atomic E-state index is 12.1. The van der Waals surface area contributed by atoms with Gasteiger partial charge in [-0.15, -0.1) is 0 Å². The van der Waals surface area contributed by atoms with Crippen molar-refractivity contribution in [3.8, 4) is 0 Å². The highest BCUT2D eigenvalue weighted by molar-refractivity contribution is 5.97. The number of hydrogen-bond acceptors (Lipinski definition) is 5. The van der Waals surface area contributed by atoms with Crippen LogP contribution < -0.4 is 5.32 Å². The first-order valence-corrected chi connectivity index (χ1v) is 7.36. The average molecular weight is 335 g/mol. The molecule has 1 atom stereocenters. The number of amides is 2. The van der Waals surface area contributed by atoms with Crippen LogP contribution in [0.2, 0.25) is 0 Å². The second kappa shape index (κ2) is 7.07. The molecule has 24 heavy (non-hydrogen) atoms. The number of hydrogen-bond donors (Lipinski definition) is 2. The average Bonchev–Trinajstić information content (AvgIpc) is 3.01. The first-order valence-electron chi connectivity index (χ1n) is 7.36. The second-order valence-corrected chi connectivity index (χ2v) is 5.52. The van der Waals surface area contributed by atoms with Crippen LogP contribution in [0.5, 0.6) is 0 Å². The fourth-order valence-electron chi connectivity index (χ4n) is 2.68. The molecule has 1 saturated heterocycles. The molecule has 1 unspecified atom stereocenters. The normalized spacial score (nSPS) is 16.7. The van der Waals surface area contributed by atoms with E-state index >= 15 is 0 Å². The lowest BCUT2D eigenvalue weighted by molar-refractivity contribution is -0.385. The van der Waals surface area contributed by atoms with Gasteiger partial charge in [0.2, 0.25) is 5.91 Å². The number of carboxylic acid groups (broad SMARTS) is 1. The summed E-state index contributed by atoms with van der Waals surface area (Å²) in [6.07, 6.45) is 1.01. The monoisotopic (exact) mass is 335 g/mol. The van der Waals surface area contributed by atoms with Crippen molar-refractivity contribution >= 4 is 23.5 Å². The van der Waals surface area contributed by atoms with Gasteiger partial charge in [0.05, 0.1) is 11.5 Å². The second-order valence-electron chi connectivity index (χ2n) is 5.52. The van der Waals surface area contributed by atoms with Crippen molar-refractivity contribution in [2.24, 2.45) is 0 Å². The van der Waals surface area contributed by atoms with Gasteiger partial charge < -0.3 is 15.3 Å². The number of nitro groups is 1. The predicted octanol–water partition coefficient (Wildman–Crippen LogP) is 0.709. The lowest BCUT2D eigenvalue weighted by Gasteiger charge is -2.21. The number of benzene rings is 1. The molecule has 0 saturated carbocycles. The molecular formula is C15H17N3O6. The van der Waals surface area contributed by atoms with Gasteiger partial charge in [0, 0.05) is 23.7 Å². The summed E-state index contributed by atoms with van der Waals surface area (Å²) in [7, 11) is 0. The van der Waals surface area contributed by atoms with Crippen LogP contribution in [0.15, 0.2) is 18.2 Å². The first-order chi connectivity index (χ1) is 11.3. The predicted molar refractivity (Wildman–Crippen MR) is 82.5 cm³/mol. The quantitative estimate of drug-likeness (QED) is 0.602. The third-order valence-corrected chi connectivity index (χ3v) is 3.91. The number of rotatable bonds is 5. The molecule has 1 aromatic rings. The van der Waals surface area contributed by atoms with Crippen LogP contribution in [0.25, 0.3) is 0 Å². The zero-order valence-electron chi connectivity index (χ0n) is 13.0. The lowest BCUT2D eigenvalue weighted by atomic mass is 10.1. The van der Waals surface area contributed by atoms with Crippen molar-refractivity contribution in [2.45, 2.75) is 25.8 Å². The van der Waals surface area contributed by atoms with Crippen LogP contribution in [0.1, 0.15) is 28.8 Å². The van der Waals surface area contributed by atoms with Crippen LogP contribution >= 0.6 is 0 Å². The van der Waals surface area contributed by atoms with Crippen molar-refractivity contribution in [3.05, 3.63) is 39.4 Å². The molecule has 0 aliphatic carbocycles. The van der Waals surface area contributed by atoms with Gasteiger partial charge in [-0.3, -0.25) is 19.7 Å².